The number of allylic oxidation sites excluding steroid dienone is 2. The first-order valence-electron chi connectivity index (χ1n) is 4.88. The zero-order valence-corrected chi connectivity index (χ0v) is 10.3. The minimum Gasteiger partial charge on any atom is -0.477 e. The molecule has 0 aliphatic carbocycles. The molecule has 2 N–H and O–H groups in total. The van der Waals surface area contributed by atoms with Gasteiger partial charge in [0.15, 0.2) is 5.13 Å². The zero-order valence-electron chi connectivity index (χ0n) is 9.51. The lowest BCUT2D eigenvalue weighted by atomic mass is 10.2. The van der Waals surface area contributed by atoms with Crippen LogP contribution in [0.15, 0.2) is 30.0 Å². The number of hydrogen-bond acceptors (Lipinski definition) is 4. The number of rotatable bonds is 4. The number of aromatic carboxylic acids is 1. The fraction of sp³-hybridized carbons (Fsp3) is 0.0833. The average molecular weight is 262 g/mol. The number of thiazole rings is 1. The third-order valence-electron chi connectivity index (χ3n) is 1.87. The Kier molecular flexibility index (Phi) is 4.84. The number of nitrogens with one attached hydrogen (secondary N) is 1. The molecule has 1 aromatic rings. The van der Waals surface area contributed by atoms with Gasteiger partial charge in [0.05, 0.1) is 6.20 Å². The maximum atomic E-state index is 11.7. The molecule has 0 saturated heterocycles. The number of carbonyl (C=O) groups is 2. The minimum absolute atomic E-state index is 0.0616. The van der Waals surface area contributed by atoms with Gasteiger partial charge in [0.25, 0.3) is 5.91 Å². The Morgan fingerprint density at radius 1 is 1.61 bits per heavy atom. The lowest BCUT2D eigenvalue weighted by molar-refractivity contribution is -0.112. The van der Waals surface area contributed by atoms with Gasteiger partial charge in [0.1, 0.15) is 4.88 Å². The van der Waals surface area contributed by atoms with Crippen LogP contribution in [0.2, 0.25) is 0 Å². The van der Waals surface area contributed by atoms with Gasteiger partial charge >= 0.3 is 5.97 Å². The van der Waals surface area contributed by atoms with Crippen molar-refractivity contribution in [2.24, 2.45) is 0 Å². The molecule has 0 spiro atoms. The highest BCUT2D eigenvalue weighted by atomic mass is 32.1. The standard InChI is InChI=1S/C12H10N2O3S/c1-3-5-6-8(4-2)10(15)14-12-13-7-9(18-12)11(16)17/h1,4-7H,2H3,(H,16,17)(H,13,14,15)/b6-5-,8-4+. The molecule has 1 amide bonds. The van der Waals surface area contributed by atoms with Crippen LogP contribution in [0.5, 0.6) is 0 Å². The Bertz CT molecular complexity index is 564. The molecule has 1 heterocycles. The highest BCUT2D eigenvalue weighted by Crippen LogP contribution is 2.18. The molecule has 0 aromatic carbocycles. The van der Waals surface area contributed by atoms with E-state index in [-0.39, 0.29) is 10.0 Å². The van der Waals surface area contributed by atoms with Gasteiger partial charge < -0.3 is 5.11 Å². The molecular weight excluding hydrogens is 252 g/mol. The van der Waals surface area contributed by atoms with E-state index in [0.717, 1.165) is 11.3 Å². The van der Waals surface area contributed by atoms with E-state index in [1.165, 1.54) is 18.3 Å². The number of carboxylic acids is 1. The first-order valence-corrected chi connectivity index (χ1v) is 5.69. The van der Waals surface area contributed by atoms with Crippen LogP contribution in [0.4, 0.5) is 5.13 Å². The number of amides is 1. The summed E-state index contributed by atoms with van der Waals surface area (Å²) in [6.07, 6.45) is 10.7. The summed E-state index contributed by atoms with van der Waals surface area (Å²) in [5.41, 5.74) is 0.375. The predicted octanol–water partition coefficient (Wildman–Crippen LogP) is 1.92. The number of aromatic nitrogens is 1. The number of nitrogens with zero attached hydrogens (tertiary/aromatic N) is 1. The smallest absolute Gasteiger partial charge is 0.347 e. The third kappa shape index (κ3) is 3.57. The molecule has 0 aliphatic heterocycles. The second-order valence-corrected chi connectivity index (χ2v) is 4.06. The molecule has 6 heteroatoms. The molecule has 0 fully saturated rings. The summed E-state index contributed by atoms with van der Waals surface area (Å²) in [7, 11) is 0. The fourth-order valence-corrected chi connectivity index (χ4v) is 1.69. The molecule has 18 heavy (non-hydrogen) atoms. The summed E-state index contributed by atoms with van der Waals surface area (Å²) >= 11 is 0.887. The van der Waals surface area contributed by atoms with Crippen LogP contribution in [-0.2, 0) is 4.79 Å². The molecule has 0 atom stereocenters. The van der Waals surface area contributed by atoms with Crippen LogP contribution in [0.3, 0.4) is 0 Å². The summed E-state index contributed by atoms with van der Waals surface area (Å²) < 4.78 is 0. The van der Waals surface area contributed by atoms with Crippen molar-refractivity contribution in [3.63, 3.8) is 0 Å². The van der Waals surface area contributed by atoms with Crippen LogP contribution >= 0.6 is 11.3 Å². The zero-order chi connectivity index (χ0) is 13.5. The number of carbonyl (C=O) groups excluding carboxylic acids is 1. The maximum absolute atomic E-state index is 11.7. The van der Waals surface area contributed by atoms with Crippen molar-refractivity contribution in [2.75, 3.05) is 5.32 Å². The molecule has 92 valence electrons. The van der Waals surface area contributed by atoms with Crippen molar-refractivity contribution in [2.45, 2.75) is 6.92 Å². The van der Waals surface area contributed by atoms with Crippen LogP contribution < -0.4 is 5.32 Å². The van der Waals surface area contributed by atoms with E-state index < -0.39 is 11.9 Å². The lowest BCUT2D eigenvalue weighted by Crippen LogP contribution is -2.12. The summed E-state index contributed by atoms with van der Waals surface area (Å²) in [6.45, 7) is 1.69. The Labute approximate surface area is 108 Å². The number of anilines is 1. The number of hydrogen-bond donors (Lipinski definition) is 2. The summed E-state index contributed by atoms with van der Waals surface area (Å²) in [4.78, 5) is 26.2. The van der Waals surface area contributed by atoms with E-state index in [1.54, 1.807) is 13.0 Å². The highest BCUT2D eigenvalue weighted by molar-refractivity contribution is 7.17. The third-order valence-corrected chi connectivity index (χ3v) is 2.77. The molecule has 0 aliphatic rings. The molecule has 0 unspecified atom stereocenters. The van der Waals surface area contributed by atoms with Crippen molar-refractivity contribution in [3.8, 4) is 12.3 Å². The minimum atomic E-state index is -1.08. The fourth-order valence-electron chi connectivity index (χ4n) is 1.04. The van der Waals surface area contributed by atoms with Gasteiger partial charge in [-0.15, -0.1) is 6.42 Å². The lowest BCUT2D eigenvalue weighted by Gasteiger charge is -2.00. The Morgan fingerprint density at radius 3 is 2.83 bits per heavy atom. The first kappa shape index (κ1) is 13.7. The van der Waals surface area contributed by atoms with E-state index in [9.17, 15) is 9.59 Å². The van der Waals surface area contributed by atoms with Crippen molar-refractivity contribution < 1.29 is 14.7 Å². The van der Waals surface area contributed by atoms with Crippen molar-refractivity contribution in [1.82, 2.24) is 4.98 Å². The van der Waals surface area contributed by atoms with Gasteiger partial charge in [-0.25, -0.2) is 9.78 Å². The van der Waals surface area contributed by atoms with Crippen molar-refractivity contribution in [1.29, 1.82) is 0 Å². The van der Waals surface area contributed by atoms with Crippen molar-refractivity contribution in [3.05, 3.63) is 34.9 Å². The second-order valence-electron chi connectivity index (χ2n) is 3.03. The van der Waals surface area contributed by atoms with Gasteiger partial charge in [-0.3, -0.25) is 10.1 Å². The maximum Gasteiger partial charge on any atom is 0.347 e. The molecule has 5 nitrogen and oxygen atoms in total. The van der Waals surface area contributed by atoms with Gasteiger partial charge in [0.2, 0.25) is 0 Å². The predicted molar refractivity (Wildman–Crippen MR) is 69.4 cm³/mol. The molecule has 0 bridgehead atoms. The summed E-state index contributed by atoms with van der Waals surface area (Å²) in [5, 5.41) is 11.4. The normalized spacial score (nSPS) is 11.2. The molecule has 1 aromatic heterocycles. The Morgan fingerprint density at radius 2 is 2.33 bits per heavy atom. The molecule has 1 rings (SSSR count). The van der Waals surface area contributed by atoms with Crippen molar-refractivity contribution >= 4 is 28.3 Å². The van der Waals surface area contributed by atoms with Crippen LogP contribution in [0, 0.1) is 12.3 Å². The van der Waals surface area contributed by atoms with Gasteiger partial charge in [0, 0.05) is 5.57 Å². The largest absolute Gasteiger partial charge is 0.477 e. The van der Waals surface area contributed by atoms with E-state index in [1.807, 2.05) is 0 Å². The first-order chi connectivity index (χ1) is 8.58. The van der Waals surface area contributed by atoms with E-state index in [0.29, 0.717) is 5.57 Å². The van der Waals surface area contributed by atoms with Gasteiger partial charge in [-0.2, -0.15) is 0 Å². The summed E-state index contributed by atoms with van der Waals surface area (Å²) in [5.74, 6) is 0.808. The van der Waals surface area contributed by atoms with Crippen LogP contribution in [0.25, 0.3) is 0 Å². The van der Waals surface area contributed by atoms with Crippen LogP contribution in [0.1, 0.15) is 16.6 Å². The second kappa shape index (κ2) is 6.37. The topological polar surface area (TPSA) is 79.3 Å². The summed E-state index contributed by atoms with van der Waals surface area (Å²) in [6, 6.07) is 0. The van der Waals surface area contributed by atoms with E-state index in [4.69, 9.17) is 11.5 Å². The highest BCUT2D eigenvalue weighted by Gasteiger charge is 2.12. The van der Waals surface area contributed by atoms with Crippen LogP contribution in [-0.4, -0.2) is 22.0 Å². The number of carboxylic acid groups (broad SMARTS) is 1. The quantitative estimate of drug-likeness (QED) is 0.493. The van der Waals surface area contributed by atoms with Gasteiger partial charge in [-0.05, 0) is 19.1 Å². The molecule has 0 radical (unpaired) electrons. The van der Waals surface area contributed by atoms with E-state index in [2.05, 4.69) is 16.2 Å². The average Bonchev–Trinajstić information content (AvgIpc) is 2.78. The van der Waals surface area contributed by atoms with Gasteiger partial charge in [-0.1, -0.05) is 23.3 Å². The molecule has 0 saturated carbocycles. The molecular formula is C12H10N2O3S. The monoisotopic (exact) mass is 262 g/mol. The van der Waals surface area contributed by atoms with E-state index >= 15 is 0 Å². The number of terminal acetylenes is 1. The Hall–Kier alpha value is -2.39. The SMILES string of the molecule is C#C/C=C\C(=C/C)C(=O)Nc1ncc(C(=O)O)s1. The Balaban J connectivity index is 2.78.